The lowest BCUT2D eigenvalue weighted by Gasteiger charge is -2.04. The van der Waals surface area contributed by atoms with Crippen LogP contribution in [-0.2, 0) is 9.53 Å². The number of nitro groups is 1. The van der Waals surface area contributed by atoms with E-state index >= 15 is 0 Å². The molecule has 0 saturated carbocycles. The standard InChI is InChI=1S/C11H10FNO4/c1-2-17-11(14)10(7-13(15)16)8-3-5-9(12)6-4-8/h3-7H,2H2,1H3/b10-7+. The molecule has 0 radical (unpaired) electrons. The smallest absolute Gasteiger partial charge is 0.345 e. The normalized spacial score (nSPS) is 11.1. The summed E-state index contributed by atoms with van der Waals surface area (Å²) in [5, 5.41) is 10.4. The number of carbonyl (C=O) groups is 1. The lowest BCUT2D eigenvalue weighted by atomic mass is 10.1. The summed E-state index contributed by atoms with van der Waals surface area (Å²) < 4.78 is 17.4. The lowest BCUT2D eigenvalue weighted by molar-refractivity contribution is -0.401. The number of rotatable bonds is 4. The summed E-state index contributed by atoms with van der Waals surface area (Å²) >= 11 is 0. The topological polar surface area (TPSA) is 69.4 Å². The Hall–Kier alpha value is -2.24. The first-order valence-corrected chi connectivity index (χ1v) is 4.83. The molecule has 0 amide bonds. The van der Waals surface area contributed by atoms with Gasteiger partial charge in [0, 0.05) is 0 Å². The predicted octanol–water partition coefficient (Wildman–Crippen LogP) is 2.01. The average Bonchev–Trinajstić information content (AvgIpc) is 2.27. The summed E-state index contributed by atoms with van der Waals surface area (Å²) in [5.74, 6) is -1.30. The minimum Gasteiger partial charge on any atom is -0.462 e. The largest absolute Gasteiger partial charge is 0.462 e. The van der Waals surface area contributed by atoms with Crippen LogP contribution in [0.25, 0.3) is 5.57 Å². The van der Waals surface area contributed by atoms with E-state index in [1.54, 1.807) is 6.92 Å². The molecule has 0 spiro atoms. The van der Waals surface area contributed by atoms with E-state index in [1.807, 2.05) is 0 Å². The number of nitrogens with zero attached hydrogens (tertiary/aromatic N) is 1. The van der Waals surface area contributed by atoms with Crippen molar-refractivity contribution >= 4 is 11.5 Å². The minimum absolute atomic E-state index is 0.106. The summed E-state index contributed by atoms with van der Waals surface area (Å²) in [5.41, 5.74) is 0.0263. The van der Waals surface area contributed by atoms with Crippen molar-refractivity contribution in [2.45, 2.75) is 6.92 Å². The van der Waals surface area contributed by atoms with Gasteiger partial charge in [-0.25, -0.2) is 9.18 Å². The van der Waals surface area contributed by atoms with E-state index in [4.69, 9.17) is 0 Å². The molecule has 0 saturated heterocycles. The van der Waals surface area contributed by atoms with Gasteiger partial charge in [-0.1, -0.05) is 12.1 Å². The Labute approximate surface area is 96.7 Å². The molecule has 17 heavy (non-hydrogen) atoms. The zero-order valence-electron chi connectivity index (χ0n) is 9.05. The fraction of sp³-hybridized carbons (Fsp3) is 0.182. The summed E-state index contributed by atoms with van der Waals surface area (Å²) in [7, 11) is 0. The molecule has 0 N–H and O–H groups in total. The highest BCUT2D eigenvalue weighted by molar-refractivity contribution is 6.16. The van der Waals surface area contributed by atoms with E-state index in [1.165, 1.54) is 12.1 Å². The summed E-state index contributed by atoms with van der Waals surface area (Å²) in [6.07, 6.45) is 0.547. The van der Waals surface area contributed by atoms with Gasteiger partial charge in [-0.2, -0.15) is 0 Å². The van der Waals surface area contributed by atoms with Crippen LogP contribution in [0.1, 0.15) is 12.5 Å². The number of hydrogen-bond acceptors (Lipinski definition) is 4. The SMILES string of the molecule is CCOC(=O)/C(=C/[N+](=O)[O-])c1ccc(F)cc1. The second kappa shape index (κ2) is 5.74. The van der Waals surface area contributed by atoms with Crippen LogP contribution in [0, 0.1) is 15.9 Å². The molecule has 90 valence electrons. The number of halogens is 1. The highest BCUT2D eigenvalue weighted by Crippen LogP contribution is 2.16. The summed E-state index contributed by atoms with van der Waals surface area (Å²) in [4.78, 5) is 21.1. The molecule has 5 nitrogen and oxygen atoms in total. The Morgan fingerprint density at radius 3 is 2.53 bits per heavy atom. The van der Waals surface area contributed by atoms with Crippen LogP contribution in [0.3, 0.4) is 0 Å². The fourth-order valence-corrected chi connectivity index (χ4v) is 1.19. The Morgan fingerprint density at radius 1 is 1.47 bits per heavy atom. The Morgan fingerprint density at radius 2 is 2.06 bits per heavy atom. The third-order valence-electron chi connectivity index (χ3n) is 1.89. The van der Waals surface area contributed by atoms with Gasteiger partial charge in [0.15, 0.2) is 0 Å². The van der Waals surface area contributed by atoms with Gasteiger partial charge >= 0.3 is 5.97 Å². The third-order valence-corrected chi connectivity index (χ3v) is 1.89. The molecular formula is C11H10FNO4. The first-order chi connectivity index (χ1) is 8.04. The van der Waals surface area contributed by atoms with Gasteiger partial charge in [0.25, 0.3) is 0 Å². The number of esters is 1. The van der Waals surface area contributed by atoms with E-state index in [-0.39, 0.29) is 17.7 Å². The first kappa shape index (κ1) is 12.8. The highest BCUT2D eigenvalue weighted by atomic mass is 19.1. The van der Waals surface area contributed by atoms with Crippen LogP contribution < -0.4 is 0 Å². The van der Waals surface area contributed by atoms with Crippen molar-refractivity contribution in [1.82, 2.24) is 0 Å². The van der Waals surface area contributed by atoms with Crippen molar-refractivity contribution in [2.75, 3.05) is 6.61 Å². The lowest BCUT2D eigenvalue weighted by Crippen LogP contribution is -2.08. The van der Waals surface area contributed by atoms with Gasteiger partial charge in [-0.3, -0.25) is 10.1 Å². The maximum absolute atomic E-state index is 12.7. The van der Waals surface area contributed by atoms with Crippen molar-refractivity contribution in [3.8, 4) is 0 Å². The Kier molecular flexibility index (Phi) is 4.33. The second-order valence-corrected chi connectivity index (χ2v) is 3.06. The van der Waals surface area contributed by atoms with E-state index < -0.39 is 16.7 Å². The maximum Gasteiger partial charge on any atom is 0.345 e. The van der Waals surface area contributed by atoms with Crippen molar-refractivity contribution in [2.24, 2.45) is 0 Å². The Balaban J connectivity index is 3.11. The van der Waals surface area contributed by atoms with Crippen LogP contribution in [0.4, 0.5) is 4.39 Å². The van der Waals surface area contributed by atoms with Crippen LogP contribution in [0.2, 0.25) is 0 Å². The molecular weight excluding hydrogens is 229 g/mol. The van der Waals surface area contributed by atoms with Crippen LogP contribution in [-0.4, -0.2) is 17.5 Å². The molecule has 1 aromatic rings. The number of carbonyl (C=O) groups excluding carboxylic acids is 1. The average molecular weight is 239 g/mol. The van der Waals surface area contributed by atoms with Crippen molar-refractivity contribution < 1.29 is 18.8 Å². The van der Waals surface area contributed by atoms with E-state index in [2.05, 4.69) is 4.74 Å². The van der Waals surface area contributed by atoms with E-state index in [9.17, 15) is 19.3 Å². The van der Waals surface area contributed by atoms with E-state index in [0.29, 0.717) is 6.20 Å². The molecule has 1 rings (SSSR count). The molecule has 0 aromatic heterocycles. The minimum atomic E-state index is -0.809. The maximum atomic E-state index is 12.7. The van der Waals surface area contributed by atoms with Crippen molar-refractivity contribution in [1.29, 1.82) is 0 Å². The van der Waals surface area contributed by atoms with Crippen LogP contribution in [0.15, 0.2) is 30.5 Å². The predicted molar refractivity (Wildman–Crippen MR) is 58.0 cm³/mol. The molecule has 0 heterocycles. The zero-order chi connectivity index (χ0) is 12.8. The molecule has 0 aliphatic heterocycles. The number of hydrogen-bond donors (Lipinski definition) is 0. The van der Waals surface area contributed by atoms with Gasteiger partial charge < -0.3 is 4.74 Å². The quantitative estimate of drug-likeness (QED) is 0.349. The Bertz CT molecular complexity index is 453. The molecule has 0 bridgehead atoms. The number of ether oxygens (including phenoxy) is 1. The van der Waals surface area contributed by atoms with Crippen LogP contribution in [0.5, 0.6) is 0 Å². The molecule has 0 atom stereocenters. The fourth-order valence-electron chi connectivity index (χ4n) is 1.19. The van der Waals surface area contributed by atoms with E-state index in [0.717, 1.165) is 12.1 Å². The van der Waals surface area contributed by atoms with Crippen LogP contribution >= 0.6 is 0 Å². The second-order valence-electron chi connectivity index (χ2n) is 3.06. The van der Waals surface area contributed by atoms with Gasteiger partial charge in [0.1, 0.15) is 11.4 Å². The first-order valence-electron chi connectivity index (χ1n) is 4.83. The molecule has 1 aromatic carbocycles. The van der Waals surface area contributed by atoms with Crippen molar-refractivity contribution in [3.63, 3.8) is 0 Å². The van der Waals surface area contributed by atoms with Gasteiger partial charge in [-0.15, -0.1) is 0 Å². The third kappa shape index (κ3) is 3.67. The summed E-state index contributed by atoms with van der Waals surface area (Å²) in [6.45, 7) is 1.70. The van der Waals surface area contributed by atoms with Gasteiger partial charge in [0.05, 0.1) is 11.5 Å². The molecule has 6 heteroatoms. The summed E-state index contributed by atoms with van der Waals surface area (Å²) in [6, 6.07) is 4.79. The molecule has 0 aliphatic carbocycles. The highest BCUT2D eigenvalue weighted by Gasteiger charge is 2.17. The van der Waals surface area contributed by atoms with Gasteiger partial charge in [-0.05, 0) is 24.6 Å². The molecule has 0 aliphatic rings. The van der Waals surface area contributed by atoms with Gasteiger partial charge in [0.2, 0.25) is 6.20 Å². The number of benzene rings is 1. The van der Waals surface area contributed by atoms with Crippen molar-refractivity contribution in [3.05, 3.63) is 52.0 Å². The monoisotopic (exact) mass is 239 g/mol. The molecule has 0 unspecified atom stereocenters. The molecule has 0 fully saturated rings. The zero-order valence-corrected chi connectivity index (χ0v) is 9.05.